The van der Waals surface area contributed by atoms with Gasteiger partial charge in [0.15, 0.2) is 0 Å². The number of hydrogen-bond donors (Lipinski definition) is 1. The minimum absolute atomic E-state index is 0.0382. The lowest BCUT2D eigenvalue weighted by Crippen LogP contribution is -2.11. The van der Waals surface area contributed by atoms with Crippen molar-refractivity contribution in [2.24, 2.45) is 0 Å². The van der Waals surface area contributed by atoms with Crippen molar-refractivity contribution in [2.45, 2.75) is 6.18 Å². The van der Waals surface area contributed by atoms with E-state index in [-0.39, 0.29) is 4.47 Å². The molecule has 17 heavy (non-hydrogen) atoms. The van der Waals surface area contributed by atoms with E-state index in [9.17, 15) is 22.4 Å². The van der Waals surface area contributed by atoms with Gasteiger partial charge in [-0.3, -0.25) is 0 Å². The van der Waals surface area contributed by atoms with Crippen molar-refractivity contribution in [3.63, 3.8) is 0 Å². The van der Waals surface area contributed by atoms with E-state index in [1.807, 2.05) is 0 Å². The van der Waals surface area contributed by atoms with Crippen molar-refractivity contribution in [1.82, 2.24) is 0 Å². The molecule has 1 aromatic rings. The summed E-state index contributed by atoms with van der Waals surface area (Å²) in [5.74, 6) is -2.87. The van der Waals surface area contributed by atoms with E-state index in [1.54, 1.807) is 0 Å². The van der Waals surface area contributed by atoms with E-state index in [0.29, 0.717) is 18.2 Å². The summed E-state index contributed by atoms with van der Waals surface area (Å²) in [4.78, 5) is 10.3. The summed E-state index contributed by atoms with van der Waals surface area (Å²) < 4.78 is 50.8. The highest BCUT2D eigenvalue weighted by Gasteiger charge is 2.37. The third-order valence-corrected chi connectivity index (χ3v) is 2.51. The molecule has 0 unspecified atom stereocenters. The van der Waals surface area contributed by atoms with Crippen molar-refractivity contribution in [3.8, 4) is 0 Å². The number of hydrogen-bond acceptors (Lipinski definition) is 1. The van der Waals surface area contributed by atoms with E-state index in [4.69, 9.17) is 5.11 Å². The van der Waals surface area contributed by atoms with Crippen LogP contribution in [0.2, 0.25) is 0 Å². The van der Waals surface area contributed by atoms with E-state index < -0.39 is 29.1 Å². The second kappa shape index (κ2) is 4.87. The lowest BCUT2D eigenvalue weighted by molar-refractivity contribution is -0.140. The molecule has 0 saturated carbocycles. The summed E-state index contributed by atoms with van der Waals surface area (Å²) in [5, 5.41) is 8.35. The van der Waals surface area contributed by atoms with Crippen LogP contribution >= 0.6 is 15.9 Å². The maximum atomic E-state index is 13.1. The quantitative estimate of drug-likeness (QED) is 0.668. The van der Waals surface area contributed by atoms with Gasteiger partial charge in [0.2, 0.25) is 0 Å². The number of carbonyl (C=O) groups is 1. The number of halogens is 5. The first-order chi connectivity index (χ1) is 7.73. The first-order valence-corrected chi connectivity index (χ1v) is 4.99. The molecular formula is C10H5BrF4O2. The normalized spacial score (nSPS) is 12.1. The highest BCUT2D eigenvalue weighted by atomic mass is 79.9. The number of carboxylic acids is 1. The van der Waals surface area contributed by atoms with Gasteiger partial charge in [-0.25, -0.2) is 9.18 Å². The zero-order valence-corrected chi connectivity index (χ0v) is 9.64. The third-order valence-electron chi connectivity index (χ3n) is 1.82. The summed E-state index contributed by atoms with van der Waals surface area (Å²) in [5.41, 5.74) is -2.05. The molecule has 0 aliphatic carbocycles. The molecule has 0 aliphatic heterocycles. The van der Waals surface area contributed by atoms with Gasteiger partial charge in [0.25, 0.3) is 0 Å². The van der Waals surface area contributed by atoms with Crippen LogP contribution < -0.4 is 0 Å². The predicted octanol–water partition coefficient (Wildman–Crippen LogP) is 3.70. The SMILES string of the molecule is O=C(O)/C=C/c1c(Br)ccc(F)c1C(F)(F)F. The Kier molecular flexibility index (Phi) is 3.92. The summed E-state index contributed by atoms with van der Waals surface area (Å²) in [6.07, 6.45) is -3.70. The third kappa shape index (κ3) is 3.29. The van der Waals surface area contributed by atoms with Crippen LogP contribution in [0, 0.1) is 5.82 Å². The predicted molar refractivity (Wildman–Crippen MR) is 55.8 cm³/mol. The molecule has 0 saturated heterocycles. The minimum atomic E-state index is -4.90. The van der Waals surface area contributed by atoms with E-state index in [0.717, 1.165) is 6.07 Å². The van der Waals surface area contributed by atoms with Crippen molar-refractivity contribution in [1.29, 1.82) is 0 Å². The molecule has 0 spiro atoms. The summed E-state index contributed by atoms with van der Waals surface area (Å²) >= 11 is 2.81. The molecule has 2 nitrogen and oxygen atoms in total. The summed E-state index contributed by atoms with van der Waals surface area (Å²) in [6, 6.07) is 1.73. The molecule has 1 aromatic carbocycles. The van der Waals surface area contributed by atoms with Crippen LogP contribution in [0.3, 0.4) is 0 Å². The van der Waals surface area contributed by atoms with Crippen molar-refractivity contribution in [3.05, 3.63) is 39.6 Å². The lowest BCUT2D eigenvalue weighted by atomic mass is 10.1. The van der Waals surface area contributed by atoms with Crippen LogP contribution in [0.1, 0.15) is 11.1 Å². The Morgan fingerprint density at radius 2 is 1.94 bits per heavy atom. The van der Waals surface area contributed by atoms with Gasteiger partial charge in [-0.2, -0.15) is 13.2 Å². The highest BCUT2D eigenvalue weighted by Crippen LogP contribution is 2.37. The number of aliphatic carboxylic acids is 1. The summed E-state index contributed by atoms with van der Waals surface area (Å²) in [6.45, 7) is 0. The molecule has 0 atom stereocenters. The Morgan fingerprint density at radius 1 is 1.35 bits per heavy atom. The van der Waals surface area contributed by atoms with Gasteiger partial charge in [0, 0.05) is 16.1 Å². The first-order valence-electron chi connectivity index (χ1n) is 4.19. The molecule has 1 rings (SSSR count). The largest absolute Gasteiger partial charge is 0.478 e. The number of alkyl halides is 3. The fourth-order valence-corrected chi connectivity index (χ4v) is 1.64. The maximum Gasteiger partial charge on any atom is 0.419 e. The molecule has 0 aromatic heterocycles. The van der Waals surface area contributed by atoms with E-state index in [2.05, 4.69) is 15.9 Å². The van der Waals surface area contributed by atoms with Gasteiger partial charge in [0.1, 0.15) is 5.82 Å². The van der Waals surface area contributed by atoms with Gasteiger partial charge < -0.3 is 5.11 Å². The maximum absolute atomic E-state index is 13.1. The standard InChI is InChI=1S/C10H5BrF4O2/c11-6-2-3-7(12)9(10(13,14)15)5(6)1-4-8(16)17/h1-4H,(H,16,17)/b4-1+. The van der Waals surface area contributed by atoms with Crippen molar-refractivity contribution in [2.75, 3.05) is 0 Å². The zero-order valence-electron chi connectivity index (χ0n) is 8.05. The molecule has 0 radical (unpaired) electrons. The minimum Gasteiger partial charge on any atom is -0.478 e. The molecule has 0 amide bonds. The first kappa shape index (κ1) is 13.7. The fourth-order valence-electron chi connectivity index (χ4n) is 1.17. The molecule has 0 aliphatic rings. The second-order valence-electron chi connectivity index (χ2n) is 2.99. The van der Waals surface area contributed by atoms with Crippen LogP contribution in [0.25, 0.3) is 6.08 Å². The Hall–Kier alpha value is -1.37. The van der Waals surface area contributed by atoms with Gasteiger partial charge in [-0.1, -0.05) is 15.9 Å². The number of carboxylic acid groups (broad SMARTS) is 1. The Labute approximate surface area is 102 Å². The second-order valence-corrected chi connectivity index (χ2v) is 3.84. The van der Waals surface area contributed by atoms with Crippen LogP contribution in [0.4, 0.5) is 17.6 Å². The Morgan fingerprint density at radius 3 is 2.41 bits per heavy atom. The number of benzene rings is 1. The average molecular weight is 313 g/mol. The average Bonchev–Trinajstić information content (AvgIpc) is 2.17. The molecule has 1 N–H and O–H groups in total. The van der Waals surface area contributed by atoms with Gasteiger partial charge in [0.05, 0.1) is 5.56 Å². The molecule has 0 bridgehead atoms. The molecule has 0 fully saturated rings. The fraction of sp³-hybridized carbons (Fsp3) is 0.100. The van der Waals surface area contributed by atoms with Crippen LogP contribution in [-0.2, 0) is 11.0 Å². The Bertz CT molecular complexity index is 480. The van der Waals surface area contributed by atoms with Crippen LogP contribution in [-0.4, -0.2) is 11.1 Å². The summed E-state index contributed by atoms with van der Waals surface area (Å²) in [7, 11) is 0. The highest BCUT2D eigenvalue weighted by molar-refractivity contribution is 9.10. The van der Waals surface area contributed by atoms with Crippen molar-refractivity contribution < 1.29 is 27.5 Å². The van der Waals surface area contributed by atoms with Gasteiger partial charge in [-0.05, 0) is 18.2 Å². The van der Waals surface area contributed by atoms with Crippen molar-refractivity contribution >= 4 is 28.0 Å². The molecule has 0 heterocycles. The lowest BCUT2D eigenvalue weighted by Gasteiger charge is -2.12. The monoisotopic (exact) mass is 312 g/mol. The van der Waals surface area contributed by atoms with Gasteiger partial charge >= 0.3 is 12.1 Å². The molecular weight excluding hydrogens is 308 g/mol. The van der Waals surface area contributed by atoms with Crippen LogP contribution in [0.5, 0.6) is 0 Å². The topological polar surface area (TPSA) is 37.3 Å². The van der Waals surface area contributed by atoms with E-state index in [1.165, 1.54) is 0 Å². The van der Waals surface area contributed by atoms with E-state index >= 15 is 0 Å². The van der Waals surface area contributed by atoms with Crippen LogP contribution in [0.15, 0.2) is 22.7 Å². The molecule has 7 heteroatoms. The molecule has 92 valence electrons. The zero-order chi connectivity index (χ0) is 13.2. The number of rotatable bonds is 2. The van der Waals surface area contributed by atoms with Gasteiger partial charge in [-0.15, -0.1) is 0 Å². The Balaban J connectivity index is 3.46. The smallest absolute Gasteiger partial charge is 0.419 e.